The van der Waals surface area contributed by atoms with Crippen molar-refractivity contribution in [3.63, 3.8) is 0 Å². The van der Waals surface area contributed by atoms with Crippen LogP contribution in [0.1, 0.15) is 21.9 Å². The second kappa shape index (κ2) is 6.43. The highest BCUT2D eigenvalue weighted by molar-refractivity contribution is 5.92. The zero-order valence-corrected chi connectivity index (χ0v) is 12.9. The van der Waals surface area contributed by atoms with E-state index in [2.05, 4.69) is 24.7 Å². The first-order chi connectivity index (χ1) is 11.2. The Hall–Kier alpha value is -2.96. The molecule has 3 rings (SSSR count). The van der Waals surface area contributed by atoms with Gasteiger partial charge in [-0.1, -0.05) is 0 Å². The van der Waals surface area contributed by atoms with Crippen molar-refractivity contribution in [1.82, 2.24) is 19.9 Å². The molecule has 0 amide bonds. The molecule has 0 spiro atoms. The lowest BCUT2D eigenvalue weighted by Gasteiger charge is -2.02. The Kier molecular flexibility index (Phi) is 4.18. The van der Waals surface area contributed by atoms with Crippen molar-refractivity contribution in [3.05, 3.63) is 47.7 Å². The molecule has 0 unspecified atom stereocenters. The van der Waals surface area contributed by atoms with Gasteiger partial charge in [0.25, 0.3) is 0 Å². The van der Waals surface area contributed by atoms with E-state index in [1.54, 1.807) is 19.4 Å². The average molecular weight is 312 g/mol. The largest absolute Gasteiger partial charge is 0.497 e. The van der Waals surface area contributed by atoms with Crippen molar-refractivity contribution < 1.29 is 14.3 Å². The van der Waals surface area contributed by atoms with Crippen LogP contribution in [0.15, 0.2) is 30.6 Å². The van der Waals surface area contributed by atoms with Gasteiger partial charge in [0.1, 0.15) is 17.1 Å². The third-order valence-corrected chi connectivity index (χ3v) is 3.45. The Balaban J connectivity index is 1.76. The predicted octanol–water partition coefficient (Wildman–Crippen LogP) is 1.93. The van der Waals surface area contributed by atoms with E-state index in [0.717, 1.165) is 23.7 Å². The smallest absolute Gasteiger partial charge is 0.339 e. The zero-order valence-electron chi connectivity index (χ0n) is 12.9. The van der Waals surface area contributed by atoms with Crippen LogP contribution in [-0.2, 0) is 17.6 Å². The van der Waals surface area contributed by atoms with Crippen LogP contribution in [0.4, 0.5) is 0 Å². The lowest BCUT2D eigenvalue weighted by molar-refractivity contribution is 0.0600. The number of nitrogens with zero attached hydrogens (tertiary/aromatic N) is 3. The van der Waals surface area contributed by atoms with E-state index in [1.807, 2.05) is 12.1 Å². The topological polar surface area (TPSA) is 90.0 Å². The summed E-state index contributed by atoms with van der Waals surface area (Å²) in [7, 11) is 2.96. The standard InChI is InChI=1S/C16H16N4O3/c1-22-12-5-6-17-11(8-12)3-4-14-19-13-7-10(16(21)23-2)9-18-15(13)20-14/h5-9H,3-4H2,1-2H3,(H,18,19,20). The van der Waals surface area contributed by atoms with Gasteiger partial charge in [0, 0.05) is 30.6 Å². The van der Waals surface area contributed by atoms with E-state index in [4.69, 9.17) is 4.74 Å². The van der Waals surface area contributed by atoms with Gasteiger partial charge in [-0.15, -0.1) is 0 Å². The number of fused-ring (bicyclic) bond motifs is 1. The van der Waals surface area contributed by atoms with Crippen LogP contribution in [0.2, 0.25) is 0 Å². The lowest BCUT2D eigenvalue weighted by Crippen LogP contribution is -2.01. The molecule has 0 radical (unpaired) electrons. The van der Waals surface area contributed by atoms with Gasteiger partial charge in [0.05, 0.1) is 19.8 Å². The van der Waals surface area contributed by atoms with Gasteiger partial charge in [-0.25, -0.2) is 14.8 Å². The molecule has 1 N–H and O–H groups in total. The minimum absolute atomic E-state index is 0.382. The molecule has 0 aliphatic carbocycles. The van der Waals surface area contributed by atoms with Crippen molar-refractivity contribution in [1.29, 1.82) is 0 Å². The first kappa shape index (κ1) is 15.0. The number of imidazole rings is 1. The molecule has 3 aromatic heterocycles. The predicted molar refractivity (Wildman–Crippen MR) is 83.4 cm³/mol. The van der Waals surface area contributed by atoms with Crippen molar-refractivity contribution in [2.75, 3.05) is 14.2 Å². The van der Waals surface area contributed by atoms with Gasteiger partial charge in [-0.2, -0.15) is 0 Å². The fourth-order valence-electron chi connectivity index (χ4n) is 2.26. The minimum Gasteiger partial charge on any atom is -0.497 e. The van der Waals surface area contributed by atoms with Crippen LogP contribution in [0.5, 0.6) is 5.75 Å². The van der Waals surface area contributed by atoms with E-state index < -0.39 is 5.97 Å². The fourth-order valence-corrected chi connectivity index (χ4v) is 2.26. The number of hydrogen-bond donors (Lipinski definition) is 1. The molecule has 0 aromatic carbocycles. The average Bonchev–Trinajstić information content (AvgIpc) is 3.01. The molecular formula is C16H16N4O3. The molecule has 0 fully saturated rings. The number of pyridine rings is 2. The van der Waals surface area contributed by atoms with Crippen molar-refractivity contribution >= 4 is 17.1 Å². The molecule has 0 aliphatic heterocycles. The molecular weight excluding hydrogens is 296 g/mol. The number of carbonyl (C=O) groups excluding carboxylic acids is 1. The van der Waals surface area contributed by atoms with Crippen molar-refractivity contribution in [2.45, 2.75) is 12.8 Å². The zero-order chi connectivity index (χ0) is 16.2. The van der Waals surface area contributed by atoms with Crippen molar-refractivity contribution in [2.24, 2.45) is 0 Å². The van der Waals surface area contributed by atoms with E-state index in [-0.39, 0.29) is 0 Å². The summed E-state index contributed by atoms with van der Waals surface area (Å²) < 4.78 is 9.87. The van der Waals surface area contributed by atoms with E-state index in [1.165, 1.54) is 13.3 Å². The van der Waals surface area contributed by atoms with Crippen LogP contribution in [0, 0.1) is 0 Å². The number of aromatic amines is 1. The maximum Gasteiger partial charge on any atom is 0.339 e. The number of aryl methyl sites for hydroxylation is 2. The van der Waals surface area contributed by atoms with Gasteiger partial charge >= 0.3 is 5.97 Å². The van der Waals surface area contributed by atoms with Gasteiger partial charge in [0.2, 0.25) is 0 Å². The molecule has 0 saturated carbocycles. The monoisotopic (exact) mass is 312 g/mol. The number of hydrogen-bond acceptors (Lipinski definition) is 6. The Labute approximate surface area is 132 Å². The number of rotatable bonds is 5. The molecule has 0 bridgehead atoms. The number of methoxy groups -OCH3 is 2. The molecule has 7 nitrogen and oxygen atoms in total. The second-order valence-corrected chi connectivity index (χ2v) is 4.95. The van der Waals surface area contributed by atoms with E-state index in [9.17, 15) is 4.79 Å². The molecule has 0 saturated heterocycles. The fraction of sp³-hybridized carbons (Fsp3) is 0.250. The minimum atomic E-state index is -0.426. The molecule has 0 aliphatic rings. The van der Waals surface area contributed by atoms with Gasteiger partial charge < -0.3 is 14.5 Å². The van der Waals surface area contributed by atoms with E-state index in [0.29, 0.717) is 23.1 Å². The number of aromatic nitrogens is 4. The Morgan fingerprint density at radius 2 is 2.09 bits per heavy atom. The molecule has 3 heterocycles. The van der Waals surface area contributed by atoms with E-state index >= 15 is 0 Å². The normalized spacial score (nSPS) is 10.7. The number of H-pyrrole nitrogens is 1. The first-order valence-electron chi connectivity index (χ1n) is 7.11. The van der Waals surface area contributed by atoms with Crippen LogP contribution in [0.25, 0.3) is 11.2 Å². The lowest BCUT2D eigenvalue weighted by atomic mass is 10.2. The Bertz CT molecular complexity index is 844. The number of carbonyl (C=O) groups is 1. The van der Waals surface area contributed by atoms with Crippen LogP contribution in [0.3, 0.4) is 0 Å². The third-order valence-electron chi connectivity index (χ3n) is 3.45. The molecule has 0 atom stereocenters. The highest BCUT2D eigenvalue weighted by Crippen LogP contribution is 2.14. The summed E-state index contributed by atoms with van der Waals surface area (Å²) in [5.74, 6) is 1.15. The maximum atomic E-state index is 11.5. The van der Waals surface area contributed by atoms with Gasteiger partial charge in [-0.3, -0.25) is 4.98 Å². The summed E-state index contributed by atoms with van der Waals surface area (Å²) in [4.78, 5) is 27.6. The Morgan fingerprint density at radius 1 is 1.22 bits per heavy atom. The Morgan fingerprint density at radius 3 is 2.87 bits per heavy atom. The number of ether oxygens (including phenoxy) is 2. The van der Waals surface area contributed by atoms with Crippen LogP contribution < -0.4 is 4.74 Å². The number of nitrogens with one attached hydrogen (secondary N) is 1. The molecule has 118 valence electrons. The third kappa shape index (κ3) is 3.28. The van der Waals surface area contributed by atoms with Gasteiger partial charge in [0.15, 0.2) is 5.65 Å². The molecule has 3 aromatic rings. The maximum absolute atomic E-state index is 11.5. The summed E-state index contributed by atoms with van der Waals surface area (Å²) >= 11 is 0. The highest BCUT2D eigenvalue weighted by atomic mass is 16.5. The van der Waals surface area contributed by atoms with Gasteiger partial charge in [-0.05, 0) is 18.6 Å². The summed E-state index contributed by atoms with van der Waals surface area (Å²) in [5.41, 5.74) is 2.59. The molecule has 7 heteroatoms. The summed E-state index contributed by atoms with van der Waals surface area (Å²) in [6, 6.07) is 5.37. The summed E-state index contributed by atoms with van der Waals surface area (Å²) in [6.07, 6.45) is 4.60. The number of esters is 1. The van der Waals surface area contributed by atoms with Crippen LogP contribution in [-0.4, -0.2) is 40.1 Å². The quantitative estimate of drug-likeness (QED) is 0.724. The SMILES string of the molecule is COC(=O)c1cnc2[nH]c(CCc3cc(OC)ccn3)nc2c1. The highest BCUT2D eigenvalue weighted by Gasteiger charge is 2.10. The van der Waals surface area contributed by atoms with Crippen molar-refractivity contribution in [3.8, 4) is 5.75 Å². The van der Waals surface area contributed by atoms with Crippen LogP contribution >= 0.6 is 0 Å². The second-order valence-electron chi connectivity index (χ2n) is 4.95. The molecule has 23 heavy (non-hydrogen) atoms. The summed E-state index contributed by atoms with van der Waals surface area (Å²) in [6.45, 7) is 0. The summed E-state index contributed by atoms with van der Waals surface area (Å²) in [5, 5.41) is 0. The first-order valence-corrected chi connectivity index (χ1v) is 7.11.